The molecule has 0 radical (unpaired) electrons. The van der Waals surface area contributed by atoms with E-state index in [9.17, 15) is 25.2 Å². The third-order valence-corrected chi connectivity index (χ3v) is 20.8. The minimum Gasteiger partial charge on any atom is -0.393 e. The number of aliphatic hydroxyl groups excluding tert-OH is 4. The molecule has 6 nitrogen and oxygen atoms in total. The molecule has 4 unspecified atom stereocenters. The van der Waals surface area contributed by atoms with E-state index < -0.39 is 0 Å². The number of carbonyl (C=O) groups excluding carboxylic acids is 1. The van der Waals surface area contributed by atoms with Gasteiger partial charge in [-0.1, -0.05) is 41.5 Å². The molecule has 0 aliphatic heterocycles. The van der Waals surface area contributed by atoms with Gasteiger partial charge in [0.2, 0.25) is 5.91 Å². The summed E-state index contributed by atoms with van der Waals surface area (Å²) in [5.41, 5.74) is 1.12. The zero-order chi connectivity index (χ0) is 38.4. The minimum absolute atomic E-state index is 0.177. The number of hydrogen-bond acceptors (Lipinski definition) is 5. The van der Waals surface area contributed by atoms with E-state index in [0.29, 0.717) is 82.9 Å². The molecule has 8 saturated carbocycles. The van der Waals surface area contributed by atoms with Gasteiger partial charge in [-0.15, -0.1) is 0 Å². The van der Waals surface area contributed by atoms with Gasteiger partial charge in [0.25, 0.3) is 0 Å². The van der Waals surface area contributed by atoms with Crippen molar-refractivity contribution in [2.45, 2.75) is 194 Å². The molecule has 1 amide bonds. The van der Waals surface area contributed by atoms with Gasteiger partial charge in [0, 0.05) is 13.0 Å². The lowest BCUT2D eigenvalue weighted by molar-refractivity contribution is -0.174. The van der Waals surface area contributed by atoms with Gasteiger partial charge in [0.1, 0.15) is 0 Å². The molecule has 0 aromatic rings. The maximum Gasteiger partial charge on any atom is 0.220 e. The molecule has 0 spiro atoms. The second kappa shape index (κ2) is 14.8. The first kappa shape index (κ1) is 40.1. The van der Waals surface area contributed by atoms with E-state index in [2.05, 4.69) is 46.9 Å². The van der Waals surface area contributed by atoms with Gasteiger partial charge in [0.15, 0.2) is 0 Å². The quantitative estimate of drug-likeness (QED) is 0.151. The van der Waals surface area contributed by atoms with Crippen LogP contribution in [0, 0.1) is 92.7 Å². The van der Waals surface area contributed by atoms with Gasteiger partial charge in [0.05, 0.1) is 24.4 Å². The van der Waals surface area contributed by atoms with Gasteiger partial charge in [-0.25, -0.2) is 0 Å². The summed E-state index contributed by atoms with van der Waals surface area (Å²) in [7, 11) is 0. The fourth-order valence-corrected chi connectivity index (χ4v) is 17.9. The Labute approximate surface area is 329 Å². The number of nitrogens with one attached hydrogen (secondary N) is 1. The third-order valence-electron chi connectivity index (χ3n) is 20.8. The highest BCUT2D eigenvalue weighted by atomic mass is 16.3. The highest BCUT2D eigenvalue weighted by Crippen LogP contribution is 2.70. The van der Waals surface area contributed by atoms with E-state index in [1.54, 1.807) is 0 Å². The molecule has 20 atom stereocenters. The van der Waals surface area contributed by atoms with Gasteiger partial charge in [-0.3, -0.25) is 4.79 Å². The summed E-state index contributed by atoms with van der Waals surface area (Å²) in [6.07, 6.45) is 20.6. The van der Waals surface area contributed by atoms with Crippen molar-refractivity contribution >= 4 is 5.91 Å². The fraction of sp³-hybridized carbons (Fsp3) is 0.979. The summed E-state index contributed by atoms with van der Waals surface area (Å²) in [6, 6.07) is 0. The van der Waals surface area contributed by atoms with Crippen LogP contribution in [0.25, 0.3) is 0 Å². The van der Waals surface area contributed by atoms with Crippen LogP contribution in [-0.2, 0) is 4.79 Å². The van der Waals surface area contributed by atoms with Crippen LogP contribution >= 0.6 is 0 Å². The van der Waals surface area contributed by atoms with Crippen LogP contribution in [0.2, 0.25) is 0 Å². The van der Waals surface area contributed by atoms with Crippen molar-refractivity contribution in [3.8, 4) is 0 Å². The third kappa shape index (κ3) is 6.50. The van der Waals surface area contributed by atoms with Crippen LogP contribution in [0.3, 0.4) is 0 Å². The lowest BCUT2D eigenvalue weighted by atomic mass is 9.43. The van der Waals surface area contributed by atoms with Crippen molar-refractivity contribution < 1.29 is 25.2 Å². The van der Waals surface area contributed by atoms with E-state index in [-0.39, 0.29) is 46.6 Å². The van der Waals surface area contributed by atoms with Gasteiger partial charge in [-0.05, 0) is 215 Å². The Kier molecular flexibility index (Phi) is 11.0. The van der Waals surface area contributed by atoms with Crippen molar-refractivity contribution in [2.24, 2.45) is 92.7 Å². The number of carbonyl (C=O) groups is 1. The molecule has 5 N–H and O–H groups in total. The molecule has 8 fully saturated rings. The Balaban J connectivity index is 0.791. The normalized spacial score (nSPS) is 53.5. The SMILES string of the molecule is C[C@H](CCC(=O)NCCC[C@H](C)[C@@H]1CCC2[C@H]3[C@H](O)CC4C[C@@H](O)CC[C@@]4(C)[C@@H]3CC[C@]21C)[C@H]1CCC2[C@@H]3[C@@H](O)CC4C[C@H](O)CC[C@]4(C)[C@H]3CC[C@@]21C. The Morgan fingerprint density at radius 2 is 1.00 bits per heavy atom. The van der Waals surface area contributed by atoms with Crippen molar-refractivity contribution in [1.29, 1.82) is 0 Å². The Morgan fingerprint density at radius 1 is 0.574 bits per heavy atom. The molecule has 0 heterocycles. The topological polar surface area (TPSA) is 110 Å². The molecule has 0 saturated heterocycles. The van der Waals surface area contributed by atoms with Crippen LogP contribution in [0.1, 0.15) is 170 Å². The van der Waals surface area contributed by atoms with Crippen molar-refractivity contribution in [2.75, 3.05) is 6.54 Å². The summed E-state index contributed by atoms with van der Waals surface area (Å²) < 4.78 is 0. The van der Waals surface area contributed by atoms with Crippen LogP contribution in [-0.4, -0.2) is 57.3 Å². The predicted molar refractivity (Wildman–Crippen MR) is 215 cm³/mol. The molecular weight excluding hydrogens is 671 g/mol. The molecule has 8 aliphatic carbocycles. The average molecular weight is 752 g/mol. The monoisotopic (exact) mass is 752 g/mol. The van der Waals surface area contributed by atoms with Gasteiger partial charge in [-0.2, -0.15) is 0 Å². The zero-order valence-corrected chi connectivity index (χ0v) is 35.3. The molecule has 0 aromatic heterocycles. The summed E-state index contributed by atoms with van der Waals surface area (Å²) in [4.78, 5) is 13.2. The zero-order valence-electron chi connectivity index (χ0n) is 35.3. The van der Waals surface area contributed by atoms with Crippen LogP contribution in [0.5, 0.6) is 0 Å². The van der Waals surface area contributed by atoms with Crippen molar-refractivity contribution in [1.82, 2.24) is 5.32 Å². The van der Waals surface area contributed by atoms with Gasteiger partial charge >= 0.3 is 0 Å². The first-order valence-electron chi connectivity index (χ1n) is 23.6. The lowest BCUT2D eigenvalue weighted by Gasteiger charge is -2.62. The Hall–Kier alpha value is -0.690. The van der Waals surface area contributed by atoms with E-state index in [1.165, 1.54) is 51.4 Å². The summed E-state index contributed by atoms with van der Waals surface area (Å²) in [6.45, 7) is 15.8. The lowest BCUT2D eigenvalue weighted by Crippen LogP contribution is -2.58. The Bertz CT molecular complexity index is 1360. The van der Waals surface area contributed by atoms with Crippen molar-refractivity contribution in [3.63, 3.8) is 0 Å². The molecule has 8 aliphatic rings. The first-order valence-corrected chi connectivity index (χ1v) is 23.6. The second-order valence-electron chi connectivity index (χ2n) is 22.9. The number of amides is 1. The van der Waals surface area contributed by atoms with Gasteiger partial charge < -0.3 is 25.7 Å². The second-order valence-corrected chi connectivity index (χ2v) is 22.9. The molecule has 6 heteroatoms. The maximum absolute atomic E-state index is 13.2. The average Bonchev–Trinajstić information content (AvgIpc) is 3.67. The fourth-order valence-electron chi connectivity index (χ4n) is 17.9. The molecule has 54 heavy (non-hydrogen) atoms. The number of fused-ring (bicyclic) bond motifs is 10. The smallest absolute Gasteiger partial charge is 0.220 e. The number of hydrogen-bond donors (Lipinski definition) is 5. The van der Waals surface area contributed by atoms with E-state index in [1.807, 2.05) is 0 Å². The highest BCUT2D eigenvalue weighted by molar-refractivity contribution is 5.75. The molecule has 0 aromatic carbocycles. The van der Waals surface area contributed by atoms with Crippen molar-refractivity contribution in [3.05, 3.63) is 0 Å². The van der Waals surface area contributed by atoms with Crippen LogP contribution < -0.4 is 5.32 Å². The maximum atomic E-state index is 13.2. The molecule has 308 valence electrons. The highest BCUT2D eigenvalue weighted by Gasteiger charge is 2.64. The summed E-state index contributed by atoms with van der Waals surface area (Å²) in [5.74, 6) is 6.85. The number of aliphatic hydroxyl groups is 4. The van der Waals surface area contributed by atoms with Crippen LogP contribution in [0.15, 0.2) is 0 Å². The predicted octanol–water partition coefficient (Wildman–Crippen LogP) is 8.92. The van der Waals surface area contributed by atoms with E-state index in [4.69, 9.17) is 0 Å². The molecular formula is C48H81NO5. The summed E-state index contributed by atoms with van der Waals surface area (Å²) in [5, 5.41) is 47.4. The number of rotatable bonds is 9. The molecule has 8 rings (SSSR count). The first-order chi connectivity index (χ1) is 25.6. The minimum atomic E-state index is -0.229. The summed E-state index contributed by atoms with van der Waals surface area (Å²) >= 11 is 0. The van der Waals surface area contributed by atoms with E-state index >= 15 is 0 Å². The Morgan fingerprint density at radius 3 is 1.48 bits per heavy atom. The molecule has 0 bridgehead atoms. The largest absolute Gasteiger partial charge is 0.393 e. The standard InChI is InChI=1S/C48H81NO5/c1-28(34-10-12-36-43-38(17-21-47(34,36)5)45(3)19-15-32(50)24-30(45)26-40(43)52)8-7-23-49-42(54)14-9-29(2)35-11-13-37-44-39(18-22-48(35,37)6)46(4)20-16-33(51)25-31(46)27-41(44)53/h28-41,43-44,50-53H,7-27H2,1-6H3,(H,49,54)/t28-,29+,30?,31?,32-,33+,34-,35+,36?,37?,38+,39-,40+,41-,43+,44-,45+,46-,47-,48+/m0/s1. The van der Waals surface area contributed by atoms with E-state index in [0.717, 1.165) is 77.2 Å². The van der Waals surface area contributed by atoms with Crippen LogP contribution in [0.4, 0.5) is 0 Å².